The quantitative estimate of drug-likeness (QED) is 0.504. The molecule has 0 spiro atoms. The van der Waals surface area contributed by atoms with Gasteiger partial charge in [0.1, 0.15) is 5.82 Å². The number of sulfonamides is 1. The van der Waals surface area contributed by atoms with Gasteiger partial charge in [0, 0.05) is 39.3 Å². The molecule has 2 N–H and O–H groups in total. The maximum atomic E-state index is 13.5. The fraction of sp³-hybridized carbons (Fsp3) is 0.520. The van der Waals surface area contributed by atoms with Crippen molar-refractivity contribution in [3.05, 3.63) is 47.7 Å². The van der Waals surface area contributed by atoms with E-state index in [0.717, 1.165) is 57.4 Å². The number of hydrogen-bond donors (Lipinski definition) is 2. The first-order valence-corrected chi connectivity index (χ1v) is 13.7. The molecule has 1 amide bonds. The fourth-order valence-electron chi connectivity index (χ4n) is 4.16. The van der Waals surface area contributed by atoms with Gasteiger partial charge in [0.2, 0.25) is 0 Å². The molecule has 0 radical (unpaired) electrons. The zero-order chi connectivity index (χ0) is 24.6. The topological polar surface area (TPSA) is 94.6 Å². The summed E-state index contributed by atoms with van der Waals surface area (Å²) in [6, 6.07) is 8.55. The standard InChI is InChI=1S/C25H37N5O3S/c1-4-7-20-8-10-22(11-9-20)34(32,33)28-21-18-23(25(31)30(14-5-2)15-6-3)24(27-19-21)29-16-12-26-13-17-29/h8-11,18-19,26,28H,4-7,12-17H2,1-3H3. The van der Waals surface area contributed by atoms with Crippen LogP contribution in [0.3, 0.4) is 0 Å². The van der Waals surface area contributed by atoms with Crippen molar-refractivity contribution >= 4 is 27.4 Å². The molecule has 0 unspecified atom stereocenters. The van der Waals surface area contributed by atoms with Gasteiger partial charge in [-0.25, -0.2) is 13.4 Å². The first-order valence-electron chi connectivity index (χ1n) is 12.3. The number of nitrogens with one attached hydrogen (secondary N) is 2. The summed E-state index contributed by atoms with van der Waals surface area (Å²) in [6.45, 7) is 10.6. The third-order valence-corrected chi connectivity index (χ3v) is 7.21. The molecule has 1 fully saturated rings. The second-order valence-corrected chi connectivity index (χ2v) is 10.3. The minimum atomic E-state index is -3.80. The van der Waals surface area contributed by atoms with E-state index in [2.05, 4.69) is 26.8 Å². The van der Waals surface area contributed by atoms with Crippen LogP contribution in [0, 0.1) is 0 Å². The Morgan fingerprint density at radius 3 is 2.29 bits per heavy atom. The third-order valence-electron chi connectivity index (χ3n) is 5.81. The highest BCUT2D eigenvalue weighted by Crippen LogP contribution is 2.25. The summed E-state index contributed by atoms with van der Waals surface area (Å²) < 4.78 is 28.7. The van der Waals surface area contributed by atoms with E-state index in [9.17, 15) is 13.2 Å². The van der Waals surface area contributed by atoms with Crippen molar-refractivity contribution in [3.8, 4) is 0 Å². The van der Waals surface area contributed by atoms with Crippen molar-refractivity contribution < 1.29 is 13.2 Å². The van der Waals surface area contributed by atoms with Crippen LogP contribution in [-0.2, 0) is 16.4 Å². The van der Waals surface area contributed by atoms with Gasteiger partial charge < -0.3 is 15.1 Å². The Morgan fingerprint density at radius 2 is 1.71 bits per heavy atom. The van der Waals surface area contributed by atoms with Crippen LogP contribution in [0.1, 0.15) is 56.0 Å². The molecule has 1 aliphatic heterocycles. The average Bonchev–Trinajstić information content (AvgIpc) is 2.84. The van der Waals surface area contributed by atoms with Gasteiger partial charge in [-0.05, 0) is 43.0 Å². The maximum absolute atomic E-state index is 13.5. The number of amides is 1. The number of anilines is 2. The lowest BCUT2D eigenvalue weighted by Crippen LogP contribution is -2.45. The molecule has 1 saturated heterocycles. The number of aromatic nitrogens is 1. The molecule has 1 aromatic carbocycles. The summed E-state index contributed by atoms with van der Waals surface area (Å²) >= 11 is 0. The molecule has 1 aliphatic rings. The SMILES string of the molecule is CCCc1ccc(S(=O)(=O)Nc2cnc(N3CCNCC3)c(C(=O)N(CCC)CCC)c2)cc1. The van der Waals surface area contributed by atoms with E-state index in [4.69, 9.17) is 0 Å². The Bertz CT molecular complexity index is 1040. The van der Waals surface area contributed by atoms with Crippen LogP contribution in [0.4, 0.5) is 11.5 Å². The Kier molecular flexibility index (Phi) is 9.29. The normalized spacial score (nSPS) is 14.1. The monoisotopic (exact) mass is 487 g/mol. The third kappa shape index (κ3) is 6.48. The van der Waals surface area contributed by atoms with Crippen LogP contribution in [-0.4, -0.2) is 63.5 Å². The number of nitrogens with zero attached hydrogens (tertiary/aromatic N) is 3. The summed E-state index contributed by atoms with van der Waals surface area (Å²) in [5.74, 6) is 0.491. The molecule has 0 atom stereocenters. The molecule has 2 heterocycles. The number of benzene rings is 1. The van der Waals surface area contributed by atoms with E-state index < -0.39 is 10.0 Å². The summed E-state index contributed by atoms with van der Waals surface area (Å²) in [7, 11) is -3.80. The Labute approximate surface area is 203 Å². The van der Waals surface area contributed by atoms with Gasteiger partial charge in [-0.2, -0.15) is 0 Å². The molecule has 34 heavy (non-hydrogen) atoms. The van der Waals surface area contributed by atoms with Crippen LogP contribution in [0.25, 0.3) is 0 Å². The van der Waals surface area contributed by atoms with Gasteiger partial charge in [-0.1, -0.05) is 39.3 Å². The molecule has 9 heteroatoms. The fourth-order valence-corrected chi connectivity index (χ4v) is 5.20. The lowest BCUT2D eigenvalue weighted by molar-refractivity contribution is 0.0755. The predicted molar refractivity (Wildman–Crippen MR) is 137 cm³/mol. The van der Waals surface area contributed by atoms with Crippen molar-refractivity contribution in [2.75, 3.05) is 48.9 Å². The number of aryl methyl sites for hydroxylation is 1. The smallest absolute Gasteiger partial charge is 0.261 e. The molecule has 186 valence electrons. The highest BCUT2D eigenvalue weighted by molar-refractivity contribution is 7.92. The second kappa shape index (κ2) is 12.2. The van der Waals surface area contributed by atoms with E-state index >= 15 is 0 Å². The molecular weight excluding hydrogens is 450 g/mol. The van der Waals surface area contributed by atoms with Gasteiger partial charge >= 0.3 is 0 Å². The number of carbonyl (C=O) groups is 1. The van der Waals surface area contributed by atoms with E-state index in [1.54, 1.807) is 18.2 Å². The van der Waals surface area contributed by atoms with Crippen LogP contribution in [0.15, 0.2) is 41.4 Å². The van der Waals surface area contributed by atoms with Crippen LogP contribution >= 0.6 is 0 Å². The van der Waals surface area contributed by atoms with Gasteiger partial charge in [0.05, 0.1) is 22.3 Å². The predicted octanol–water partition coefficient (Wildman–Crippen LogP) is 3.51. The number of pyridine rings is 1. The van der Waals surface area contributed by atoms with Gasteiger partial charge in [0.25, 0.3) is 15.9 Å². The Morgan fingerprint density at radius 1 is 1.06 bits per heavy atom. The highest BCUT2D eigenvalue weighted by atomic mass is 32.2. The zero-order valence-electron chi connectivity index (χ0n) is 20.5. The zero-order valence-corrected chi connectivity index (χ0v) is 21.3. The summed E-state index contributed by atoms with van der Waals surface area (Å²) in [6.07, 6.45) is 5.11. The summed E-state index contributed by atoms with van der Waals surface area (Å²) in [5, 5.41) is 3.31. The van der Waals surface area contributed by atoms with Crippen molar-refractivity contribution in [3.63, 3.8) is 0 Å². The van der Waals surface area contributed by atoms with E-state index in [1.807, 2.05) is 30.9 Å². The summed E-state index contributed by atoms with van der Waals surface area (Å²) in [5.41, 5.74) is 1.82. The molecule has 1 aromatic heterocycles. The highest BCUT2D eigenvalue weighted by Gasteiger charge is 2.25. The number of rotatable bonds is 11. The van der Waals surface area contributed by atoms with Crippen molar-refractivity contribution in [1.82, 2.24) is 15.2 Å². The number of hydrogen-bond acceptors (Lipinski definition) is 6. The minimum Gasteiger partial charge on any atom is -0.353 e. The van der Waals surface area contributed by atoms with Crippen molar-refractivity contribution in [2.24, 2.45) is 0 Å². The van der Waals surface area contributed by atoms with Crippen molar-refractivity contribution in [1.29, 1.82) is 0 Å². The van der Waals surface area contributed by atoms with E-state index in [0.29, 0.717) is 24.5 Å². The molecule has 8 nitrogen and oxygen atoms in total. The van der Waals surface area contributed by atoms with Gasteiger partial charge in [0.15, 0.2) is 0 Å². The van der Waals surface area contributed by atoms with Gasteiger partial charge in [-0.3, -0.25) is 9.52 Å². The second-order valence-electron chi connectivity index (χ2n) is 8.62. The molecule has 0 bridgehead atoms. The van der Waals surface area contributed by atoms with Crippen LogP contribution in [0.5, 0.6) is 0 Å². The maximum Gasteiger partial charge on any atom is 0.261 e. The molecule has 0 saturated carbocycles. The molecule has 2 aromatic rings. The first kappa shape index (κ1) is 26.0. The first-order chi connectivity index (χ1) is 16.4. The molecule has 3 rings (SSSR count). The van der Waals surface area contributed by atoms with E-state index in [1.165, 1.54) is 6.20 Å². The van der Waals surface area contributed by atoms with E-state index in [-0.39, 0.29) is 16.5 Å². The average molecular weight is 488 g/mol. The van der Waals surface area contributed by atoms with Crippen LogP contribution < -0.4 is 14.9 Å². The Balaban J connectivity index is 1.93. The van der Waals surface area contributed by atoms with Gasteiger partial charge in [-0.15, -0.1) is 0 Å². The number of piperazine rings is 1. The molecule has 0 aliphatic carbocycles. The van der Waals surface area contributed by atoms with Crippen LogP contribution in [0.2, 0.25) is 0 Å². The molecular formula is C25H37N5O3S. The Hall–Kier alpha value is -2.65. The minimum absolute atomic E-state index is 0.116. The largest absolute Gasteiger partial charge is 0.353 e. The lowest BCUT2D eigenvalue weighted by Gasteiger charge is -2.31. The summed E-state index contributed by atoms with van der Waals surface area (Å²) in [4.78, 5) is 22.2. The number of carbonyl (C=O) groups excluding carboxylic acids is 1. The lowest BCUT2D eigenvalue weighted by atomic mass is 10.1. The van der Waals surface area contributed by atoms with Crippen molar-refractivity contribution in [2.45, 2.75) is 51.3 Å².